The summed E-state index contributed by atoms with van der Waals surface area (Å²) in [5.74, 6) is -2.76. The van der Waals surface area contributed by atoms with Crippen molar-refractivity contribution in [1.82, 2.24) is 18.8 Å². The van der Waals surface area contributed by atoms with Gasteiger partial charge in [0.2, 0.25) is 10.0 Å². The smallest absolute Gasteiger partial charge is 0.475 e. The van der Waals surface area contributed by atoms with Gasteiger partial charge >= 0.3 is 12.1 Å². The Hall–Kier alpha value is -2.44. The van der Waals surface area contributed by atoms with Crippen molar-refractivity contribution >= 4 is 16.0 Å². The average molecular weight is 491 g/mol. The van der Waals surface area contributed by atoms with Crippen LogP contribution in [-0.4, -0.2) is 64.1 Å². The fraction of sp³-hybridized carbons (Fsp3) is 0.524. The molecule has 0 radical (unpaired) electrons. The molecule has 2 heterocycles. The Morgan fingerprint density at radius 1 is 1.21 bits per heavy atom. The van der Waals surface area contributed by atoms with Crippen molar-refractivity contribution in [1.29, 1.82) is 0 Å². The second-order valence-corrected chi connectivity index (χ2v) is 10.1. The van der Waals surface area contributed by atoms with Crippen molar-refractivity contribution < 1.29 is 31.5 Å². The van der Waals surface area contributed by atoms with E-state index in [0.29, 0.717) is 24.0 Å². The van der Waals surface area contributed by atoms with Crippen LogP contribution in [-0.2, 0) is 34.5 Å². The van der Waals surface area contributed by atoms with Gasteiger partial charge in [0, 0.05) is 25.7 Å². The first-order valence-electron chi connectivity index (χ1n) is 10.3. The van der Waals surface area contributed by atoms with Gasteiger partial charge in [-0.25, -0.2) is 18.2 Å². The number of alkyl halides is 3. The summed E-state index contributed by atoms with van der Waals surface area (Å²) in [6.07, 6.45) is -2.45. The first-order valence-corrected chi connectivity index (χ1v) is 11.8. The molecule has 184 valence electrons. The highest BCUT2D eigenvalue weighted by molar-refractivity contribution is 7.89. The van der Waals surface area contributed by atoms with E-state index in [1.54, 1.807) is 16.4 Å². The lowest BCUT2D eigenvalue weighted by Crippen LogP contribution is -2.32. The summed E-state index contributed by atoms with van der Waals surface area (Å²) < 4.78 is 61.7. The third kappa shape index (κ3) is 7.02. The van der Waals surface area contributed by atoms with Crippen molar-refractivity contribution in [2.45, 2.75) is 63.9 Å². The number of carbonyl (C=O) groups is 1. The lowest BCUT2D eigenvalue weighted by Gasteiger charge is -2.23. The van der Waals surface area contributed by atoms with E-state index in [4.69, 9.17) is 9.90 Å². The number of sulfonamides is 1. The quantitative estimate of drug-likeness (QED) is 0.691. The number of benzene rings is 1. The molecule has 3 rings (SSSR count). The van der Waals surface area contributed by atoms with Crippen LogP contribution in [0.3, 0.4) is 0 Å². The first-order chi connectivity index (χ1) is 15.2. The molecular weight excluding hydrogens is 461 g/mol. The zero-order chi connectivity index (χ0) is 25.0. The van der Waals surface area contributed by atoms with Crippen molar-refractivity contribution in [3.05, 3.63) is 47.5 Å². The van der Waals surface area contributed by atoms with Crippen LogP contribution in [0.1, 0.15) is 37.2 Å². The molecule has 12 heteroatoms. The van der Waals surface area contributed by atoms with E-state index >= 15 is 0 Å². The van der Waals surface area contributed by atoms with E-state index in [0.717, 1.165) is 36.5 Å². The monoisotopic (exact) mass is 490 g/mol. The molecule has 0 amide bonds. The minimum atomic E-state index is -5.08. The number of aliphatic carboxylic acids is 1. The van der Waals surface area contributed by atoms with Crippen molar-refractivity contribution in [2.75, 3.05) is 13.6 Å². The molecule has 0 saturated heterocycles. The van der Waals surface area contributed by atoms with E-state index in [-0.39, 0.29) is 0 Å². The first kappa shape index (κ1) is 26.8. The summed E-state index contributed by atoms with van der Waals surface area (Å²) in [6, 6.07) is 7.49. The molecule has 0 bridgehead atoms. The predicted molar refractivity (Wildman–Crippen MR) is 116 cm³/mol. The summed E-state index contributed by atoms with van der Waals surface area (Å²) in [5.41, 5.74) is 3.02. The van der Waals surface area contributed by atoms with Crippen molar-refractivity contribution in [2.24, 2.45) is 0 Å². The van der Waals surface area contributed by atoms with Gasteiger partial charge in [-0.15, -0.1) is 0 Å². The van der Waals surface area contributed by atoms with Gasteiger partial charge in [-0.3, -0.25) is 4.90 Å². The fourth-order valence-electron chi connectivity index (χ4n) is 3.10. The zero-order valence-corrected chi connectivity index (χ0v) is 19.8. The molecule has 33 heavy (non-hydrogen) atoms. The molecule has 0 atom stereocenters. The molecule has 0 spiro atoms. The average Bonchev–Trinajstić information content (AvgIpc) is 2.94. The summed E-state index contributed by atoms with van der Waals surface area (Å²) >= 11 is 0. The van der Waals surface area contributed by atoms with Crippen LogP contribution in [0.15, 0.2) is 35.5 Å². The molecular formula is C21H29F3N4O4S. The SMILES string of the molecule is Cc1ccc(S(=O)(=O)N2CCCn3cnc(CN(C)C(C)C)c3C2)cc1.O=C(O)C(F)(F)F. The lowest BCUT2D eigenvalue weighted by molar-refractivity contribution is -0.192. The molecule has 0 unspecified atom stereocenters. The van der Waals surface area contributed by atoms with Crippen LogP contribution >= 0.6 is 0 Å². The van der Waals surface area contributed by atoms with E-state index in [9.17, 15) is 21.6 Å². The molecule has 0 aliphatic carbocycles. The van der Waals surface area contributed by atoms with E-state index in [1.165, 1.54) is 0 Å². The Bertz CT molecular complexity index is 1050. The Morgan fingerprint density at radius 2 is 1.79 bits per heavy atom. The van der Waals surface area contributed by atoms with E-state index in [1.807, 2.05) is 25.4 Å². The third-order valence-electron chi connectivity index (χ3n) is 5.35. The van der Waals surface area contributed by atoms with Crippen molar-refractivity contribution in [3.8, 4) is 0 Å². The maximum atomic E-state index is 13.1. The van der Waals surface area contributed by atoms with Gasteiger partial charge in [0.1, 0.15) is 0 Å². The number of hydrogen-bond donors (Lipinski definition) is 1. The number of fused-ring (bicyclic) bond motifs is 1. The van der Waals surface area contributed by atoms with Gasteiger partial charge in [0.25, 0.3) is 0 Å². The predicted octanol–water partition coefficient (Wildman–Crippen LogP) is 3.26. The highest BCUT2D eigenvalue weighted by Gasteiger charge is 2.38. The number of rotatable bonds is 5. The Kier molecular flexibility index (Phi) is 8.66. The normalized spacial score (nSPS) is 15.1. The second-order valence-electron chi connectivity index (χ2n) is 8.15. The molecule has 1 aliphatic rings. The maximum absolute atomic E-state index is 13.1. The van der Waals surface area contributed by atoms with Gasteiger partial charge in [-0.2, -0.15) is 17.5 Å². The minimum Gasteiger partial charge on any atom is -0.475 e. The Balaban J connectivity index is 0.000000479. The zero-order valence-electron chi connectivity index (χ0n) is 19.0. The Labute approximate surface area is 191 Å². The van der Waals surface area contributed by atoms with Crippen LogP contribution in [0.5, 0.6) is 0 Å². The number of nitrogens with zero attached hydrogens (tertiary/aromatic N) is 4. The molecule has 1 N–H and O–H groups in total. The van der Waals surface area contributed by atoms with Gasteiger partial charge in [-0.1, -0.05) is 17.7 Å². The van der Waals surface area contributed by atoms with Gasteiger partial charge in [0.05, 0.1) is 29.2 Å². The second kappa shape index (κ2) is 10.7. The van der Waals surface area contributed by atoms with Crippen LogP contribution < -0.4 is 0 Å². The fourth-order valence-corrected chi connectivity index (χ4v) is 4.54. The van der Waals surface area contributed by atoms with Gasteiger partial charge in [-0.05, 0) is 46.4 Å². The molecule has 0 fully saturated rings. The highest BCUT2D eigenvalue weighted by atomic mass is 32.2. The van der Waals surface area contributed by atoms with E-state index < -0.39 is 22.2 Å². The number of halogens is 3. The molecule has 1 aromatic heterocycles. The summed E-state index contributed by atoms with van der Waals surface area (Å²) in [7, 11) is -1.44. The standard InChI is InChI=1S/C19H28N4O2S.C2HF3O2/c1-15(2)21(4)12-18-19-13-23(11-5-10-22(19)14-20-18)26(24,25)17-8-6-16(3)7-9-17;3-2(4,5)1(6)7/h6-9,14-15H,5,10-13H2,1-4H3;(H,6,7). The number of aromatic nitrogens is 2. The molecule has 1 aromatic carbocycles. The number of hydrogen-bond acceptors (Lipinski definition) is 5. The largest absolute Gasteiger partial charge is 0.490 e. The lowest BCUT2D eigenvalue weighted by atomic mass is 10.2. The molecule has 8 nitrogen and oxygen atoms in total. The van der Waals surface area contributed by atoms with Crippen LogP contribution in [0, 0.1) is 6.92 Å². The Morgan fingerprint density at radius 3 is 2.30 bits per heavy atom. The van der Waals surface area contributed by atoms with Crippen LogP contribution in [0.25, 0.3) is 0 Å². The number of aryl methyl sites for hydroxylation is 2. The molecule has 1 aliphatic heterocycles. The third-order valence-corrected chi connectivity index (χ3v) is 7.21. The van der Waals surface area contributed by atoms with Crippen LogP contribution in [0.2, 0.25) is 0 Å². The summed E-state index contributed by atoms with van der Waals surface area (Å²) in [5, 5.41) is 7.12. The topological polar surface area (TPSA) is 95.7 Å². The van der Waals surface area contributed by atoms with Gasteiger partial charge < -0.3 is 9.67 Å². The highest BCUT2D eigenvalue weighted by Crippen LogP contribution is 2.24. The minimum absolute atomic E-state index is 0.358. The van der Waals surface area contributed by atoms with Gasteiger partial charge in [0.15, 0.2) is 0 Å². The number of imidazole rings is 1. The molecule has 2 aromatic rings. The summed E-state index contributed by atoms with van der Waals surface area (Å²) in [6.45, 7) is 8.66. The van der Waals surface area contributed by atoms with Crippen molar-refractivity contribution in [3.63, 3.8) is 0 Å². The molecule has 0 saturated carbocycles. The van der Waals surface area contributed by atoms with E-state index in [2.05, 4.69) is 35.3 Å². The van der Waals surface area contributed by atoms with Crippen LogP contribution in [0.4, 0.5) is 13.2 Å². The maximum Gasteiger partial charge on any atom is 0.490 e. The number of carboxylic acid groups (broad SMARTS) is 1. The number of carboxylic acids is 1. The summed E-state index contributed by atoms with van der Waals surface area (Å²) in [4.78, 5) is 16.0.